The van der Waals surface area contributed by atoms with E-state index in [1.54, 1.807) is 18.2 Å². The lowest BCUT2D eigenvalue weighted by Gasteiger charge is -2.19. The SMILES string of the molecule is O=C(O)Nc1ccc(Oc2cccc(C(Cl)(Cl)Cl)c2)c(C(Cl)(Cl)Cl)c1. The van der Waals surface area contributed by atoms with E-state index in [2.05, 4.69) is 5.32 Å². The molecule has 0 bridgehead atoms. The van der Waals surface area contributed by atoms with Gasteiger partial charge in [0.25, 0.3) is 0 Å². The second-order valence-electron chi connectivity index (χ2n) is 4.77. The standard InChI is InChI=1S/C15H9Cl6NO3/c16-14(17,18)8-2-1-3-10(6-8)25-12-5-4-9(22-13(23)24)7-11(12)15(19,20)21/h1-7,22H,(H,23,24). The molecule has 2 N–H and O–H groups in total. The van der Waals surface area contributed by atoms with Gasteiger partial charge in [-0.2, -0.15) is 0 Å². The number of ether oxygens (including phenoxy) is 1. The Kier molecular flexibility index (Phi) is 6.47. The third-order valence-corrected chi connectivity index (χ3v) is 4.19. The molecule has 4 nitrogen and oxygen atoms in total. The van der Waals surface area contributed by atoms with Gasteiger partial charge in [-0.05, 0) is 30.3 Å². The van der Waals surface area contributed by atoms with Gasteiger partial charge in [0.1, 0.15) is 11.5 Å². The predicted molar refractivity (Wildman–Crippen MR) is 103 cm³/mol. The fourth-order valence-corrected chi connectivity index (χ4v) is 2.70. The first-order chi connectivity index (χ1) is 11.5. The van der Waals surface area contributed by atoms with E-state index in [0.29, 0.717) is 11.3 Å². The molecule has 1 amide bonds. The summed E-state index contributed by atoms with van der Waals surface area (Å²) in [7, 11) is 0. The Morgan fingerprint density at radius 1 is 0.960 bits per heavy atom. The highest BCUT2D eigenvalue weighted by Crippen LogP contribution is 2.46. The van der Waals surface area contributed by atoms with Crippen LogP contribution in [0.1, 0.15) is 11.1 Å². The highest BCUT2D eigenvalue weighted by Gasteiger charge is 2.29. The summed E-state index contributed by atoms with van der Waals surface area (Å²) >= 11 is 35.4. The largest absolute Gasteiger partial charge is 0.465 e. The normalized spacial score (nSPS) is 11.9. The molecule has 0 aliphatic heterocycles. The van der Waals surface area contributed by atoms with Crippen LogP contribution in [0.2, 0.25) is 0 Å². The smallest absolute Gasteiger partial charge is 0.409 e. The van der Waals surface area contributed by atoms with E-state index in [4.69, 9.17) is 79.4 Å². The van der Waals surface area contributed by atoms with E-state index in [1.807, 2.05) is 0 Å². The zero-order valence-corrected chi connectivity index (χ0v) is 16.6. The fourth-order valence-electron chi connectivity index (χ4n) is 1.90. The summed E-state index contributed by atoms with van der Waals surface area (Å²) in [5, 5.41) is 11.0. The van der Waals surface area contributed by atoms with E-state index < -0.39 is 13.7 Å². The number of alkyl halides is 6. The summed E-state index contributed by atoms with van der Waals surface area (Å²) < 4.78 is 2.26. The van der Waals surface area contributed by atoms with Crippen molar-refractivity contribution in [2.45, 2.75) is 7.59 Å². The number of nitrogens with one attached hydrogen (secondary N) is 1. The van der Waals surface area contributed by atoms with Gasteiger partial charge in [-0.3, -0.25) is 5.32 Å². The number of benzene rings is 2. The summed E-state index contributed by atoms with van der Waals surface area (Å²) in [6, 6.07) is 10.7. The molecule has 0 spiro atoms. The van der Waals surface area contributed by atoms with Crippen LogP contribution < -0.4 is 10.1 Å². The van der Waals surface area contributed by atoms with Crippen molar-refractivity contribution in [1.82, 2.24) is 0 Å². The zero-order valence-electron chi connectivity index (χ0n) is 12.1. The monoisotopic (exact) mass is 461 g/mol. The third kappa shape index (κ3) is 5.88. The van der Waals surface area contributed by atoms with Crippen LogP contribution >= 0.6 is 69.6 Å². The van der Waals surface area contributed by atoms with Crippen LogP contribution in [0, 0.1) is 0 Å². The van der Waals surface area contributed by atoms with Crippen molar-refractivity contribution in [2.24, 2.45) is 0 Å². The van der Waals surface area contributed by atoms with E-state index in [9.17, 15) is 4.79 Å². The molecule has 2 aromatic carbocycles. The molecular weight excluding hydrogens is 455 g/mol. The summed E-state index contributed by atoms with van der Waals surface area (Å²) in [5.74, 6) is 0.552. The molecule has 0 radical (unpaired) electrons. The van der Waals surface area contributed by atoms with Crippen molar-refractivity contribution in [1.29, 1.82) is 0 Å². The van der Waals surface area contributed by atoms with Gasteiger partial charge in [-0.15, -0.1) is 0 Å². The van der Waals surface area contributed by atoms with E-state index in [1.165, 1.54) is 24.3 Å². The van der Waals surface area contributed by atoms with Crippen LogP contribution in [0.4, 0.5) is 10.5 Å². The average molecular weight is 464 g/mol. The van der Waals surface area contributed by atoms with Gasteiger partial charge >= 0.3 is 6.09 Å². The van der Waals surface area contributed by atoms with Crippen molar-refractivity contribution in [3.8, 4) is 11.5 Å². The maximum atomic E-state index is 10.8. The van der Waals surface area contributed by atoms with Crippen LogP contribution in [0.15, 0.2) is 42.5 Å². The van der Waals surface area contributed by atoms with Gasteiger partial charge in [0.15, 0.2) is 0 Å². The highest BCUT2D eigenvalue weighted by atomic mass is 35.6. The quantitative estimate of drug-likeness (QED) is 0.472. The molecule has 134 valence electrons. The molecular formula is C15H9Cl6NO3. The number of hydrogen-bond donors (Lipinski definition) is 2. The van der Waals surface area contributed by atoms with Gasteiger partial charge in [-0.25, -0.2) is 4.79 Å². The fraction of sp³-hybridized carbons (Fsp3) is 0.133. The number of amides is 1. The number of anilines is 1. The topological polar surface area (TPSA) is 58.6 Å². The Labute approximate surface area is 173 Å². The van der Waals surface area contributed by atoms with Crippen molar-refractivity contribution in [3.63, 3.8) is 0 Å². The van der Waals surface area contributed by atoms with E-state index >= 15 is 0 Å². The summed E-state index contributed by atoms with van der Waals surface area (Å²) in [6.45, 7) is 0. The predicted octanol–water partition coefficient (Wildman–Crippen LogP) is 7.22. The number of rotatable bonds is 3. The van der Waals surface area contributed by atoms with Crippen LogP contribution in [-0.2, 0) is 7.59 Å². The Morgan fingerprint density at radius 3 is 2.20 bits per heavy atom. The first kappa shape index (κ1) is 20.6. The second kappa shape index (κ2) is 7.87. The lowest BCUT2D eigenvalue weighted by molar-refractivity contribution is 0.209. The molecule has 25 heavy (non-hydrogen) atoms. The van der Waals surface area contributed by atoms with Crippen LogP contribution in [0.25, 0.3) is 0 Å². The van der Waals surface area contributed by atoms with Crippen LogP contribution in [0.3, 0.4) is 0 Å². The first-order valence-corrected chi connectivity index (χ1v) is 8.80. The lowest BCUT2D eigenvalue weighted by Crippen LogP contribution is -2.10. The Morgan fingerprint density at radius 2 is 1.64 bits per heavy atom. The third-order valence-electron chi connectivity index (χ3n) is 2.93. The van der Waals surface area contributed by atoms with Crippen molar-refractivity contribution in [3.05, 3.63) is 53.6 Å². The molecule has 0 aromatic heterocycles. The summed E-state index contributed by atoms with van der Waals surface area (Å²) in [6.07, 6.45) is -1.25. The minimum absolute atomic E-state index is 0.142. The lowest BCUT2D eigenvalue weighted by atomic mass is 10.2. The van der Waals surface area contributed by atoms with Crippen molar-refractivity contribution < 1.29 is 14.6 Å². The number of carbonyl (C=O) groups is 1. The summed E-state index contributed by atoms with van der Waals surface area (Å²) in [5.41, 5.74) is 0.758. The average Bonchev–Trinajstić information content (AvgIpc) is 2.46. The molecule has 0 fully saturated rings. The molecule has 0 aliphatic rings. The maximum absolute atomic E-state index is 10.8. The number of halogens is 6. The molecule has 2 aromatic rings. The molecule has 10 heteroatoms. The Hall–Kier alpha value is -0.750. The van der Waals surface area contributed by atoms with Crippen molar-refractivity contribution in [2.75, 3.05) is 5.32 Å². The molecule has 0 heterocycles. The summed E-state index contributed by atoms with van der Waals surface area (Å²) in [4.78, 5) is 10.8. The molecule has 0 saturated carbocycles. The van der Waals surface area contributed by atoms with E-state index in [0.717, 1.165) is 0 Å². The highest BCUT2D eigenvalue weighted by molar-refractivity contribution is 6.67. The minimum Gasteiger partial charge on any atom is -0.465 e. The zero-order chi connectivity index (χ0) is 18.8. The molecule has 0 unspecified atom stereocenters. The molecule has 0 aliphatic carbocycles. The Bertz CT molecular complexity index is 786. The minimum atomic E-state index is -1.85. The van der Waals surface area contributed by atoms with Crippen LogP contribution in [0.5, 0.6) is 11.5 Å². The second-order valence-corrected chi connectivity index (χ2v) is 9.33. The van der Waals surface area contributed by atoms with Gasteiger partial charge in [-0.1, -0.05) is 81.7 Å². The first-order valence-electron chi connectivity index (χ1n) is 6.53. The van der Waals surface area contributed by atoms with Crippen LogP contribution in [-0.4, -0.2) is 11.2 Å². The number of hydrogen-bond acceptors (Lipinski definition) is 2. The van der Waals surface area contributed by atoms with Gasteiger partial charge < -0.3 is 9.84 Å². The van der Waals surface area contributed by atoms with Gasteiger partial charge in [0.05, 0.1) is 0 Å². The van der Waals surface area contributed by atoms with Crippen molar-refractivity contribution >= 4 is 81.4 Å². The Balaban J connectivity index is 2.41. The molecule has 2 rings (SSSR count). The maximum Gasteiger partial charge on any atom is 0.409 e. The van der Waals surface area contributed by atoms with E-state index in [-0.39, 0.29) is 17.0 Å². The number of carboxylic acid groups (broad SMARTS) is 1. The van der Waals surface area contributed by atoms with Gasteiger partial charge in [0.2, 0.25) is 7.59 Å². The molecule has 0 atom stereocenters. The molecule has 0 saturated heterocycles. The van der Waals surface area contributed by atoms with Gasteiger partial charge in [0, 0.05) is 16.8 Å².